The van der Waals surface area contributed by atoms with Gasteiger partial charge in [0.1, 0.15) is 10.0 Å². The van der Waals surface area contributed by atoms with Crippen LogP contribution in [0.3, 0.4) is 0 Å². The van der Waals surface area contributed by atoms with E-state index < -0.39 is 11.2 Å². The van der Waals surface area contributed by atoms with Gasteiger partial charge in [0, 0.05) is 17.7 Å². The van der Waals surface area contributed by atoms with Crippen molar-refractivity contribution in [3.8, 4) is 0 Å². The summed E-state index contributed by atoms with van der Waals surface area (Å²) < 4.78 is 5.63. The molecule has 0 spiro atoms. The molecule has 2 heterocycles. The zero-order valence-corrected chi connectivity index (χ0v) is 10.8. The van der Waals surface area contributed by atoms with Gasteiger partial charge < -0.3 is 0 Å². The monoisotopic (exact) mass is 322 g/mol. The molecule has 0 radical (unpaired) electrons. The van der Waals surface area contributed by atoms with E-state index >= 15 is 0 Å². The van der Waals surface area contributed by atoms with Crippen molar-refractivity contribution in [2.75, 3.05) is 0 Å². The highest BCUT2D eigenvalue weighted by atomic mass is 79.9. The molecule has 0 amide bonds. The Kier molecular flexibility index (Phi) is 3.22. The standard InChI is InChI=1S/C7H4BrClN4O2S/c8-3-1-13(7(15)10-6(3)14)2-4-5(9)16-12-11-4/h1H,2H2,(H,10,14,15). The molecule has 0 aliphatic rings. The lowest BCUT2D eigenvalue weighted by atomic mass is 10.5. The zero-order valence-electron chi connectivity index (χ0n) is 7.61. The Morgan fingerprint density at radius 1 is 1.56 bits per heavy atom. The van der Waals surface area contributed by atoms with Crippen LogP contribution in [0.2, 0.25) is 4.34 Å². The van der Waals surface area contributed by atoms with Crippen molar-refractivity contribution in [3.05, 3.63) is 41.5 Å². The van der Waals surface area contributed by atoms with Crippen molar-refractivity contribution in [1.29, 1.82) is 0 Å². The SMILES string of the molecule is O=c1[nH]c(=O)n(Cc2nnsc2Cl)cc1Br. The lowest BCUT2D eigenvalue weighted by Gasteiger charge is -2.02. The van der Waals surface area contributed by atoms with Crippen LogP contribution in [0, 0.1) is 0 Å². The van der Waals surface area contributed by atoms with Crippen LogP contribution in [-0.2, 0) is 6.54 Å². The molecule has 0 aliphatic carbocycles. The smallest absolute Gasteiger partial charge is 0.293 e. The number of rotatable bonds is 2. The molecule has 0 unspecified atom stereocenters. The average molecular weight is 324 g/mol. The van der Waals surface area contributed by atoms with Crippen LogP contribution in [0.1, 0.15) is 5.69 Å². The van der Waals surface area contributed by atoms with Crippen LogP contribution in [0.4, 0.5) is 0 Å². The van der Waals surface area contributed by atoms with Crippen LogP contribution in [0.25, 0.3) is 0 Å². The van der Waals surface area contributed by atoms with E-state index in [4.69, 9.17) is 11.6 Å². The Hall–Kier alpha value is -0.990. The zero-order chi connectivity index (χ0) is 11.7. The highest BCUT2D eigenvalue weighted by Crippen LogP contribution is 2.17. The molecule has 84 valence electrons. The highest BCUT2D eigenvalue weighted by Gasteiger charge is 2.08. The Morgan fingerprint density at radius 3 is 2.94 bits per heavy atom. The van der Waals surface area contributed by atoms with Crippen LogP contribution in [0.5, 0.6) is 0 Å². The Balaban J connectivity index is 2.43. The minimum atomic E-state index is -0.516. The number of H-pyrrole nitrogens is 1. The third-order valence-electron chi connectivity index (χ3n) is 1.80. The molecular formula is C7H4BrClN4O2S. The average Bonchev–Trinajstić information content (AvgIpc) is 2.61. The first-order chi connectivity index (χ1) is 7.58. The molecule has 0 aromatic carbocycles. The first kappa shape index (κ1) is 11.5. The van der Waals surface area contributed by atoms with Crippen molar-refractivity contribution < 1.29 is 0 Å². The van der Waals surface area contributed by atoms with E-state index in [1.54, 1.807) is 0 Å². The number of aromatic nitrogens is 4. The summed E-state index contributed by atoms with van der Waals surface area (Å²) in [6, 6.07) is 0. The topological polar surface area (TPSA) is 80.6 Å². The lowest BCUT2D eigenvalue weighted by Crippen LogP contribution is -2.30. The maximum atomic E-state index is 11.4. The van der Waals surface area contributed by atoms with Crippen LogP contribution in [-0.4, -0.2) is 19.1 Å². The van der Waals surface area contributed by atoms with E-state index in [1.807, 2.05) is 0 Å². The molecule has 2 aromatic heterocycles. The van der Waals surface area contributed by atoms with Crippen LogP contribution < -0.4 is 11.2 Å². The molecule has 2 rings (SSSR count). The summed E-state index contributed by atoms with van der Waals surface area (Å²) in [6.45, 7) is 0.170. The van der Waals surface area contributed by atoms with E-state index in [0.29, 0.717) is 10.0 Å². The van der Waals surface area contributed by atoms with Gasteiger partial charge in [-0.05, 0) is 15.9 Å². The second kappa shape index (κ2) is 4.48. The largest absolute Gasteiger partial charge is 0.328 e. The van der Waals surface area contributed by atoms with Crippen molar-refractivity contribution in [2.24, 2.45) is 0 Å². The van der Waals surface area contributed by atoms with Gasteiger partial charge in [0.25, 0.3) is 5.56 Å². The second-order valence-electron chi connectivity index (χ2n) is 2.86. The molecule has 2 aromatic rings. The summed E-state index contributed by atoms with van der Waals surface area (Å²) in [5.41, 5.74) is -0.492. The van der Waals surface area contributed by atoms with E-state index in [1.165, 1.54) is 10.8 Å². The van der Waals surface area contributed by atoms with E-state index in [2.05, 4.69) is 30.5 Å². The number of halogens is 2. The summed E-state index contributed by atoms with van der Waals surface area (Å²) in [5.74, 6) is 0. The molecule has 6 nitrogen and oxygen atoms in total. The van der Waals surface area contributed by atoms with Crippen molar-refractivity contribution >= 4 is 39.1 Å². The maximum absolute atomic E-state index is 11.4. The molecular weight excluding hydrogens is 320 g/mol. The number of nitrogens with zero attached hydrogens (tertiary/aromatic N) is 3. The van der Waals surface area contributed by atoms with Gasteiger partial charge in [0.2, 0.25) is 0 Å². The number of hydrogen-bond acceptors (Lipinski definition) is 5. The molecule has 1 N–H and O–H groups in total. The molecule has 0 saturated carbocycles. The number of hydrogen-bond donors (Lipinski definition) is 1. The van der Waals surface area contributed by atoms with E-state index in [0.717, 1.165) is 11.5 Å². The summed E-state index contributed by atoms with van der Waals surface area (Å²) in [6.07, 6.45) is 1.39. The predicted molar refractivity (Wildman–Crippen MR) is 63.0 cm³/mol. The Labute approximate surface area is 106 Å². The van der Waals surface area contributed by atoms with Gasteiger partial charge in [0.15, 0.2) is 0 Å². The number of nitrogens with one attached hydrogen (secondary N) is 1. The molecule has 0 atom stereocenters. The van der Waals surface area contributed by atoms with Gasteiger partial charge in [-0.15, -0.1) is 5.10 Å². The summed E-state index contributed by atoms with van der Waals surface area (Å²) in [7, 11) is 0. The van der Waals surface area contributed by atoms with Gasteiger partial charge >= 0.3 is 5.69 Å². The first-order valence-electron chi connectivity index (χ1n) is 4.04. The fourth-order valence-corrected chi connectivity index (χ4v) is 2.01. The lowest BCUT2D eigenvalue weighted by molar-refractivity contribution is 0.698. The van der Waals surface area contributed by atoms with E-state index in [9.17, 15) is 9.59 Å². The predicted octanol–water partition coefficient (Wildman–Crippen LogP) is 0.852. The molecule has 0 aliphatic heterocycles. The minimum absolute atomic E-state index is 0.170. The summed E-state index contributed by atoms with van der Waals surface area (Å²) in [5, 5.41) is 3.77. The number of aromatic amines is 1. The van der Waals surface area contributed by atoms with E-state index in [-0.39, 0.29) is 11.0 Å². The normalized spacial score (nSPS) is 10.6. The highest BCUT2D eigenvalue weighted by molar-refractivity contribution is 9.10. The Bertz CT molecular complexity index is 634. The molecule has 0 fully saturated rings. The van der Waals surface area contributed by atoms with Gasteiger partial charge in [-0.25, -0.2) is 4.79 Å². The van der Waals surface area contributed by atoms with Gasteiger partial charge in [-0.1, -0.05) is 16.1 Å². The molecule has 0 bridgehead atoms. The quantitative estimate of drug-likeness (QED) is 0.888. The van der Waals surface area contributed by atoms with Gasteiger partial charge in [-0.2, -0.15) is 0 Å². The summed E-state index contributed by atoms with van der Waals surface area (Å²) >= 11 is 9.88. The minimum Gasteiger partial charge on any atom is -0.293 e. The van der Waals surface area contributed by atoms with Crippen LogP contribution >= 0.6 is 39.1 Å². The Morgan fingerprint density at radius 2 is 2.31 bits per heavy atom. The van der Waals surface area contributed by atoms with Gasteiger partial charge in [0.05, 0.1) is 11.0 Å². The first-order valence-corrected chi connectivity index (χ1v) is 5.98. The van der Waals surface area contributed by atoms with Crippen LogP contribution in [0.15, 0.2) is 20.3 Å². The maximum Gasteiger partial charge on any atom is 0.328 e. The third-order valence-corrected chi connectivity index (χ3v) is 3.35. The van der Waals surface area contributed by atoms with Crippen molar-refractivity contribution in [1.82, 2.24) is 19.1 Å². The molecule has 16 heavy (non-hydrogen) atoms. The summed E-state index contributed by atoms with van der Waals surface area (Å²) in [4.78, 5) is 24.7. The van der Waals surface area contributed by atoms with Gasteiger partial charge in [-0.3, -0.25) is 14.3 Å². The fourth-order valence-electron chi connectivity index (χ4n) is 1.05. The van der Waals surface area contributed by atoms with Crippen molar-refractivity contribution in [3.63, 3.8) is 0 Å². The third kappa shape index (κ3) is 2.23. The second-order valence-corrected chi connectivity index (χ2v) is 5.07. The fraction of sp³-hybridized carbons (Fsp3) is 0.143. The molecule has 9 heteroatoms. The van der Waals surface area contributed by atoms with Crippen molar-refractivity contribution in [2.45, 2.75) is 6.54 Å². The molecule has 0 saturated heterocycles.